The average Bonchev–Trinajstić information content (AvgIpc) is 2.11. The van der Waals surface area contributed by atoms with Gasteiger partial charge in [-0.1, -0.05) is 13.3 Å². The molecule has 0 atom stereocenters. The van der Waals surface area contributed by atoms with Gasteiger partial charge in [-0.3, -0.25) is 0 Å². The molecule has 4 heteroatoms. The van der Waals surface area contributed by atoms with Crippen molar-refractivity contribution in [2.45, 2.75) is 19.8 Å². The fourth-order valence-electron chi connectivity index (χ4n) is 1.34. The number of nitrogens with two attached hydrogens (primary N) is 1. The normalized spacial score (nSPS) is 10.1. The van der Waals surface area contributed by atoms with Gasteiger partial charge < -0.3 is 15.9 Å². The summed E-state index contributed by atoms with van der Waals surface area (Å²) in [5, 5.41) is 18.4. The summed E-state index contributed by atoms with van der Waals surface area (Å²) in [4.78, 5) is 10.7. The molecular formula is C10H13NO3. The van der Waals surface area contributed by atoms with Crippen molar-refractivity contribution in [1.82, 2.24) is 0 Å². The minimum absolute atomic E-state index is 0.0948. The maximum atomic E-state index is 10.7. The molecule has 0 bridgehead atoms. The molecule has 0 heterocycles. The number of aromatic carboxylic acids is 1. The number of carbonyl (C=O) groups is 1. The van der Waals surface area contributed by atoms with E-state index in [4.69, 9.17) is 10.8 Å². The van der Waals surface area contributed by atoms with Gasteiger partial charge >= 0.3 is 5.97 Å². The Hall–Kier alpha value is -1.71. The molecule has 0 aliphatic carbocycles. The smallest absolute Gasteiger partial charge is 0.339 e. The SMILES string of the molecule is CCCc1c(N)ccc(C(=O)O)c1O. The van der Waals surface area contributed by atoms with E-state index in [1.807, 2.05) is 6.92 Å². The van der Waals surface area contributed by atoms with Crippen LogP contribution >= 0.6 is 0 Å². The maximum absolute atomic E-state index is 10.7. The predicted octanol–water partition coefficient (Wildman–Crippen LogP) is 1.63. The molecule has 4 N–H and O–H groups in total. The van der Waals surface area contributed by atoms with Crippen molar-refractivity contribution >= 4 is 11.7 Å². The second-order valence-electron chi connectivity index (χ2n) is 3.08. The molecule has 0 aliphatic rings. The highest BCUT2D eigenvalue weighted by atomic mass is 16.4. The number of hydrogen-bond donors (Lipinski definition) is 3. The van der Waals surface area contributed by atoms with E-state index in [0.717, 1.165) is 6.42 Å². The second-order valence-corrected chi connectivity index (χ2v) is 3.08. The van der Waals surface area contributed by atoms with E-state index in [2.05, 4.69) is 0 Å². The van der Waals surface area contributed by atoms with E-state index >= 15 is 0 Å². The van der Waals surface area contributed by atoms with E-state index in [-0.39, 0.29) is 11.3 Å². The van der Waals surface area contributed by atoms with Crippen molar-refractivity contribution < 1.29 is 15.0 Å². The van der Waals surface area contributed by atoms with Crippen LogP contribution < -0.4 is 5.73 Å². The lowest BCUT2D eigenvalue weighted by molar-refractivity contribution is 0.0693. The summed E-state index contributed by atoms with van der Waals surface area (Å²) in [7, 11) is 0. The van der Waals surface area contributed by atoms with Crippen LogP contribution in [-0.4, -0.2) is 16.2 Å². The van der Waals surface area contributed by atoms with Gasteiger partial charge in [0.2, 0.25) is 0 Å². The number of rotatable bonds is 3. The van der Waals surface area contributed by atoms with Gasteiger partial charge in [0.15, 0.2) is 0 Å². The Labute approximate surface area is 82.0 Å². The zero-order chi connectivity index (χ0) is 10.7. The van der Waals surface area contributed by atoms with Gasteiger partial charge in [-0.2, -0.15) is 0 Å². The molecule has 1 aromatic carbocycles. The van der Waals surface area contributed by atoms with Gasteiger partial charge in [0.25, 0.3) is 0 Å². The Balaban J connectivity index is 3.26. The molecule has 1 aromatic rings. The number of phenols is 1. The lowest BCUT2D eigenvalue weighted by atomic mass is 10.0. The van der Waals surface area contributed by atoms with Crippen LogP contribution in [-0.2, 0) is 6.42 Å². The molecule has 0 fully saturated rings. The first-order chi connectivity index (χ1) is 6.57. The molecule has 0 unspecified atom stereocenters. The average molecular weight is 195 g/mol. The zero-order valence-corrected chi connectivity index (χ0v) is 7.95. The van der Waals surface area contributed by atoms with E-state index in [0.29, 0.717) is 17.7 Å². The third-order valence-corrected chi connectivity index (χ3v) is 2.05. The fourth-order valence-corrected chi connectivity index (χ4v) is 1.34. The van der Waals surface area contributed by atoms with Gasteiger partial charge in [-0.25, -0.2) is 4.79 Å². The Bertz CT molecular complexity index is 361. The molecule has 0 aliphatic heterocycles. The zero-order valence-electron chi connectivity index (χ0n) is 7.95. The van der Waals surface area contributed by atoms with Crippen LogP contribution in [0, 0.1) is 0 Å². The van der Waals surface area contributed by atoms with Gasteiger partial charge in [0.05, 0.1) is 0 Å². The molecule has 0 amide bonds. The number of hydrogen-bond acceptors (Lipinski definition) is 3. The molecule has 0 saturated heterocycles. The Morgan fingerprint density at radius 1 is 1.50 bits per heavy atom. The first kappa shape index (κ1) is 10.4. The molecule has 0 spiro atoms. The minimum atomic E-state index is -1.14. The molecule has 0 radical (unpaired) electrons. The molecule has 14 heavy (non-hydrogen) atoms. The van der Waals surface area contributed by atoms with Crippen LogP contribution in [0.4, 0.5) is 5.69 Å². The van der Waals surface area contributed by atoms with Crippen LogP contribution in [0.2, 0.25) is 0 Å². The summed E-state index contributed by atoms with van der Waals surface area (Å²) < 4.78 is 0. The molecule has 76 valence electrons. The highest BCUT2D eigenvalue weighted by Gasteiger charge is 2.14. The lowest BCUT2D eigenvalue weighted by Gasteiger charge is -2.09. The highest BCUT2D eigenvalue weighted by molar-refractivity contribution is 5.92. The van der Waals surface area contributed by atoms with Crippen LogP contribution in [0.1, 0.15) is 29.3 Å². The summed E-state index contributed by atoms with van der Waals surface area (Å²) in [6, 6.07) is 2.82. The number of carboxylic acid groups (broad SMARTS) is 1. The standard InChI is InChI=1S/C10H13NO3/c1-2-3-6-8(11)5-4-7(9(6)12)10(13)14/h4-5,12H,2-3,11H2,1H3,(H,13,14). The quantitative estimate of drug-likeness (QED) is 0.640. The van der Waals surface area contributed by atoms with E-state index in [1.165, 1.54) is 12.1 Å². The lowest BCUT2D eigenvalue weighted by Crippen LogP contribution is -2.02. The first-order valence-corrected chi connectivity index (χ1v) is 4.41. The Morgan fingerprint density at radius 3 is 2.64 bits per heavy atom. The molecule has 0 aromatic heterocycles. The summed E-state index contributed by atoms with van der Waals surface area (Å²) in [6.07, 6.45) is 1.39. The Kier molecular flexibility index (Phi) is 2.96. The van der Waals surface area contributed by atoms with E-state index in [1.54, 1.807) is 0 Å². The fraction of sp³-hybridized carbons (Fsp3) is 0.300. The first-order valence-electron chi connectivity index (χ1n) is 4.41. The summed E-state index contributed by atoms with van der Waals surface area (Å²) in [6.45, 7) is 1.94. The van der Waals surface area contributed by atoms with Crippen molar-refractivity contribution in [3.63, 3.8) is 0 Å². The third-order valence-electron chi connectivity index (χ3n) is 2.05. The van der Waals surface area contributed by atoms with E-state index < -0.39 is 5.97 Å². The van der Waals surface area contributed by atoms with Crippen LogP contribution in [0.25, 0.3) is 0 Å². The van der Waals surface area contributed by atoms with Crippen molar-refractivity contribution in [2.75, 3.05) is 5.73 Å². The monoisotopic (exact) mass is 195 g/mol. The molecule has 4 nitrogen and oxygen atoms in total. The largest absolute Gasteiger partial charge is 0.507 e. The van der Waals surface area contributed by atoms with Crippen molar-refractivity contribution in [1.29, 1.82) is 0 Å². The summed E-state index contributed by atoms with van der Waals surface area (Å²) in [5.41, 5.74) is 6.49. The van der Waals surface area contributed by atoms with Crippen molar-refractivity contribution in [3.05, 3.63) is 23.3 Å². The van der Waals surface area contributed by atoms with Crippen LogP contribution in [0.5, 0.6) is 5.75 Å². The van der Waals surface area contributed by atoms with E-state index in [9.17, 15) is 9.90 Å². The molecular weight excluding hydrogens is 182 g/mol. The molecule has 0 saturated carbocycles. The summed E-state index contributed by atoms with van der Waals surface area (Å²) >= 11 is 0. The third kappa shape index (κ3) is 1.79. The van der Waals surface area contributed by atoms with Gasteiger partial charge in [0, 0.05) is 11.3 Å². The van der Waals surface area contributed by atoms with Crippen LogP contribution in [0.15, 0.2) is 12.1 Å². The number of nitrogen functional groups attached to an aromatic ring is 1. The maximum Gasteiger partial charge on any atom is 0.339 e. The van der Waals surface area contributed by atoms with Crippen LogP contribution in [0.3, 0.4) is 0 Å². The molecule has 1 rings (SSSR count). The topological polar surface area (TPSA) is 83.6 Å². The van der Waals surface area contributed by atoms with Crippen molar-refractivity contribution in [2.24, 2.45) is 0 Å². The number of anilines is 1. The number of carboxylic acids is 1. The van der Waals surface area contributed by atoms with Gasteiger partial charge in [-0.05, 0) is 18.6 Å². The second kappa shape index (κ2) is 4.00. The predicted molar refractivity (Wildman–Crippen MR) is 53.5 cm³/mol. The number of benzene rings is 1. The highest BCUT2D eigenvalue weighted by Crippen LogP contribution is 2.28. The number of aromatic hydroxyl groups is 1. The Morgan fingerprint density at radius 2 is 2.14 bits per heavy atom. The summed E-state index contributed by atoms with van der Waals surface area (Å²) in [5.74, 6) is -1.35. The minimum Gasteiger partial charge on any atom is -0.507 e. The van der Waals surface area contributed by atoms with Gasteiger partial charge in [-0.15, -0.1) is 0 Å². The van der Waals surface area contributed by atoms with Gasteiger partial charge in [0.1, 0.15) is 11.3 Å². The van der Waals surface area contributed by atoms with Crippen molar-refractivity contribution in [3.8, 4) is 5.75 Å².